The second-order valence-corrected chi connectivity index (χ2v) is 2.97. The molecule has 0 unspecified atom stereocenters. The van der Waals surface area contributed by atoms with Gasteiger partial charge in [-0.15, -0.1) is 0 Å². The number of nitrogens with two attached hydrogens (primary N) is 1. The van der Waals surface area contributed by atoms with Gasteiger partial charge < -0.3 is 10.5 Å². The first-order chi connectivity index (χ1) is 7.19. The molecule has 0 saturated carbocycles. The van der Waals surface area contributed by atoms with Crippen molar-refractivity contribution in [3.8, 4) is 11.8 Å². The van der Waals surface area contributed by atoms with Gasteiger partial charge in [-0.05, 0) is 17.7 Å². The second kappa shape index (κ2) is 5.13. The number of hydrogen-bond donors (Lipinski definition) is 1. The van der Waals surface area contributed by atoms with Gasteiger partial charge in [-0.3, -0.25) is 0 Å². The summed E-state index contributed by atoms with van der Waals surface area (Å²) in [5.74, 6) is -0.375. The van der Waals surface area contributed by atoms with Gasteiger partial charge in [-0.1, -0.05) is 12.6 Å². The molecule has 0 heterocycles. The smallest absolute Gasteiger partial charge is 0.144 e. The number of halogens is 1. The molecule has 1 aromatic carbocycles. The van der Waals surface area contributed by atoms with E-state index in [2.05, 4.69) is 6.58 Å². The first-order valence-corrected chi connectivity index (χ1v) is 4.37. The lowest BCUT2D eigenvalue weighted by molar-refractivity contribution is 0.347. The quantitative estimate of drug-likeness (QED) is 0.761. The minimum Gasteiger partial charge on any atom is -0.488 e. The van der Waals surface area contributed by atoms with Gasteiger partial charge in [0.15, 0.2) is 0 Å². The molecule has 0 aliphatic carbocycles. The molecule has 1 aromatic rings. The standard InChI is InChI=1S/C11H11FN2O/c1-8(5-13)7-15-11-4-2-3-10(12)9(11)6-14/h2-4H,1,5,7,13H2. The van der Waals surface area contributed by atoms with Crippen molar-refractivity contribution in [3.05, 3.63) is 41.7 Å². The third kappa shape index (κ3) is 2.79. The molecule has 0 bridgehead atoms. The molecule has 0 fully saturated rings. The van der Waals surface area contributed by atoms with E-state index in [1.807, 2.05) is 0 Å². The Labute approximate surface area is 87.6 Å². The van der Waals surface area contributed by atoms with Crippen LogP contribution in [-0.4, -0.2) is 13.2 Å². The molecule has 78 valence electrons. The summed E-state index contributed by atoms with van der Waals surface area (Å²) >= 11 is 0. The van der Waals surface area contributed by atoms with Gasteiger partial charge in [0, 0.05) is 6.54 Å². The van der Waals surface area contributed by atoms with E-state index < -0.39 is 5.82 Å². The highest BCUT2D eigenvalue weighted by molar-refractivity contribution is 5.43. The number of ether oxygens (including phenoxy) is 1. The van der Waals surface area contributed by atoms with Crippen molar-refractivity contribution in [3.63, 3.8) is 0 Å². The fourth-order valence-corrected chi connectivity index (χ4v) is 0.972. The number of nitriles is 1. The van der Waals surface area contributed by atoms with E-state index in [-0.39, 0.29) is 17.9 Å². The van der Waals surface area contributed by atoms with E-state index in [4.69, 9.17) is 15.7 Å². The van der Waals surface area contributed by atoms with Gasteiger partial charge in [0.2, 0.25) is 0 Å². The summed E-state index contributed by atoms with van der Waals surface area (Å²) in [6.07, 6.45) is 0. The van der Waals surface area contributed by atoms with Gasteiger partial charge in [-0.2, -0.15) is 5.26 Å². The SMILES string of the molecule is C=C(CN)COc1cccc(F)c1C#N. The average Bonchev–Trinajstić information content (AvgIpc) is 2.25. The van der Waals surface area contributed by atoms with Crippen LogP contribution in [-0.2, 0) is 0 Å². The van der Waals surface area contributed by atoms with Crippen molar-refractivity contribution in [2.45, 2.75) is 0 Å². The Morgan fingerprint density at radius 3 is 2.93 bits per heavy atom. The number of benzene rings is 1. The topological polar surface area (TPSA) is 59.0 Å². The zero-order chi connectivity index (χ0) is 11.3. The molecule has 0 radical (unpaired) electrons. The molecule has 0 aromatic heterocycles. The van der Waals surface area contributed by atoms with Crippen LogP contribution in [0.4, 0.5) is 4.39 Å². The van der Waals surface area contributed by atoms with Gasteiger partial charge >= 0.3 is 0 Å². The van der Waals surface area contributed by atoms with Crippen LogP contribution in [0.15, 0.2) is 30.4 Å². The third-order valence-corrected chi connectivity index (χ3v) is 1.81. The van der Waals surface area contributed by atoms with Gasteiger partial charge in [0.25, 0.3) is 0 Å². The zero-order valence-electron chi connectivity index (χ0n) is 8.16. The number of rotatable bonds is 4. The molecule has 0 aliphatic rings. The molecule has 0 aliphatic heterocycles. The van der Waals surface area contributed by atoms with Crippen molar-refractivity contribution in [1.29, 1.82) is 5.26 Å². The van der Waals surface area contributed by atoms with Crippen LogP contribution >= 0.6 is 0 Å². The first kappa shape index (κ1) is 11.2. The Balaban J connectivity index is 2.82. The largest absolute Gasteiger partial charge is 0.488 e. The molecule has 2 N–H and O–H groups in total. The fraction of sp³-hybridized carbons (Fsp3) is 0.182. The minimum absolute atomic E-state index is 0.0951. The highest BCUT2D eigenvalue weighted by Crippen LogP contribution is 2.20. The van der Waals surface area contributed by atoms with E-state index in [0.717, 1.165) is 0 Å². The van der Waals surface area contributed by atoms with Crippen molar-refractivity contribution >= 4 is 0 Å². The van der Waals surface area contributed by atoms with Crippen molar-refractivity contribution in [2.75, 3.05) is 13.2 Å². The highest BCUT2D eigenvalue weighted by atomic mass is 19.1. The normalized spacial score (nSPS) is 9.40. The first-order valence-electron chi connectivity index (χ1n) is 4.37. The Bertz CT molecular complexity index is 410. The average molecular weight is 206 g/mol. The number of hydrogen-bond acceptors (Lipinski definition) is 3. The molecular weight excluding hydrogens is 195 g/mol. The van der Waals surface area contributed by atoms with Crippen LogP contribution in [0, 0.1) is 17.1 Å². The van der Waals surface area contributed by atoms with E-state index in [9.17, 15) is 4.39 Å². The maximum atomic E-state index is 13.1. The minimum atomic E-state index is -0.589. The van der Waals surface area contributed by atoms with Crippen LogP contribution < -0.4 is 10.5 Å². The summed E-state index contributed by atoms with van der Waals surface area (Å²) in [7, 11) is 0. The highest BCUT2D eigenvalue weighted by Gasteiger charge is 2.08. The maximum Gasteiger partial charge on any atom is 0.144 e. The van der Waals surface area contributed by atoms with Crippen LogP contribution in [0.2, 0.25) is 0 Å². The molecule has 4 heteroatoms. The summed E-state index contributed by atoms with van der Waals surface area (Å²) in [6.45, 7) is 4.13. The summed E-state index contributed by atoms with van der Waals surface area (Å²) in [5, 5.41) is 8.70. The number of nitrogens with zero attached hydrogens (tertiary/aromatic N) is 1. The Morgan fingerprint density at radius 1 is 1.60 bits per heavy atom. The lowest BCUT2D eigenvalue weighted by Gasteiger charge is -2.08. The molecule has 15 heavy (non-hydrogen) atoms. The van der Waals surface area contributed by atoms with Gasteiger partial charge in [0.05, 0.1) is 0 Å². The van der Waals surface area contributed by atoms with Crippen LogP contribution in [0.25, 0.3) is 0 Å². The predicted octanol–water partition coefficient (Wildman–Crippen LogP) is 1.59. The molecular formula is C11H11FN2O. The molecule has 3 nitrogen and oxygen atoms in total. The summed E-state index contributed by atoms with van der Waals surface area (Å²) < 4.78 is 18.3. The summed E-state index contributed by atoms with van der Waals surface area (Å²) in [4.78, 5) is 0. The fourth-order valence-electron chi connectivity index (χ4n) is 0.972. The van der Waals surface area contributed by atoms with Gasteiger partial charge in [-0.25, -0.2) is 4.39 Å². The molecule has 0 amide bonds. The van der Waals surface area contributed by atoms with E-state index in [1.54, 1.807) is 6.07 Å². The van der Waals surface area contributed by atoms with Crippen LogP contribution in [0.5, 0.6) is 5.75 Å². The van der Waals surface area contributed by atoms with E-state index >= 15 is 0 Å². The Kier molecular flexibility index (Phi) is 3.83. The summed E-state index contributed by atoms with van der Waals surface area (Å²) in [6, 6.07) is 5.97. The molecule has 0 saturated heterocycles. The second-order valence-electron chi connectivity index (χ2n) is 2.97. The van der Waals surface area contributed by atoms with Gasteiger partial charge in [0.1, 0.15) is 29.8 Å². The maximum absolute atomic E-state index is 13.1. The van der Waals surface area contributed by atoms with E-state index in [0.29, 0.717) is 12.1 Å². The van der Waals surface area contributed by atoms with Crippen molar-refractivity contribution in [2.24, 2.45) is 5.73 Å². The van der Waals surface area contributed by atoms with Crippen molar-refractivity contribution in [1.82, 2.24) is 0 Å². The summed E-state index contributed by atoms with van der Waals surface area (Å²) in [5.41, 5.74) is 5.91. The third-order valence-electron chi connectivity index (χ3n) is 1.81. The van der Waals surface area contributed by atoms with Crippen molar-refractivity contribution < 1.29 is 9.13 Å². The lowest BCUT2D eigenvalue weighted by atomic mass is 10.2. The molecule has 0 atom stereocenters. The lowest BCUT2D eigenvalue weighted by Crippen LogP contribution is -2.10. The molecule has 1 rings (SSSR count). The predicted molar refractivity (Wildman–Crippen MR) is 54.8 cm³/mol. The Hall–Kier alpha value is -1.86. The van der Waals surface area contributed by atoms with Crippen LogP contribution in [0.3, 0.4) is 0 Å². The zero-order valence-corrected chi connectivity index (χ0v) is 8.16. The van der Waals surface area contributed by atoms with E-state index in [1.165, 1.54) is 18.2 Å². The van der Waals surface area contributed by atoms with Crippen LogP contribution in [0.1, 0.15) is 5.56 Å². The Morgan fingerprint density at radius 2 is 2.33 bits per heavy atom. The molecule has 0 spiro atoms. The monoisotopic (exact) mass is 206 g/mol.